The molecule has 3 N–H and O–H groups in total. The molecule has 1 amide bonds. The lowest BCUT2D eigenvalue weighted by Crippen LogP contribution is -2.29. The molecule has 0 spiro atoms. The molecule has 0 heterocycles. The summed E-state index contributed by atoms with van der Waals surface area (Å²) in [6, 6.07) is 17.9. The van der Waals surface area contributed by atoms with Gasteiger partial charge in [0.2, 0.25) is 0 Å². The average Bonchev–Trinajstić information content (AvgIpc) is 2.97. The first kappa shape index (κ1) is 30.7. The fraction of sp³-hybridized carbons (Fsp3) is 0.207. The third-order valence-corrected chi connectivity index (χ3v) is 5.67. The highest BCUT2D eigenvalue weighted by molar-refractivity contribution is 6.45. The summed E-state index contributed by atoms with van der Waals surface area (Å²) in [6.45, 7) is 3.68. The van der Waals surface area contributed by atoms with Crippen molar-refractivity contribution in [2.24, 2.45) is 16.2 Å². The molecule has 12 heteroatoms. The van der Waals surface area contributed by atoms with Gasteiger partial charge in [0.15, 0.2) is 11.5 Å². The van der Waals surface area contributed by atoms with E-state index >= 15 is 0 Å². The normalized spacial score (nSPS) is 12.8. The Kier molecular flexibility index (Phi) is 10.5. The summed E-state index contributed by atoms with van der Waals surface area (Å²) in [5, 5.41) is 10.7. The average molecular weight is 571 g/mol. The van der Waals surface area contributed by atoms with Crippen LogP contribution in [0.3, 0.4) is 0 Å². The maximum absolute atomic E-state index is 13.1. The number of carbonyl (C=O) groups excluding carboxylic acids is 1. The van der Waals surface area contributed by atoms with E-state index in [2.05, 4.69) is 15.6 Å². The number of carbonyl (C=O) groups is 1. The number of alkyl halides is 3. The fourth-order valence-electron chi connectivity index (χ4n) is 3.79. The van der Waals surface area contributed by atoms with Gasteiger partial charge in [0.05, 0.1) is 5.56 Å². The molecule has 0 saturated carbocycles. The minimum absolute atomic E-state index is 0.00799. The van der Waals surface area contributed by atoms with Crippen molar-refractivity contribution in [2.75, 3.05) is 20.8 Å². The van der Waals surface area contributed by atoms with E-state index in [9.17, 15) is 18.0 Å². The van der Waals surface area contributed by atoms with Gasteiger partial charge in [-0.05, 0) is 56.3 Å². The number of benzene rings is 3. The molecule has 0 atom stereocenters. The second-order valence-electron chi connectivity index (χ2n) is 8.33. The van der Waals surface area contributed by atoms with Crippen molar-refractivity contribution in [3.05, 3.63) is 101 Å². The Labute approximate surface area is 235 Å². The van der Waals surface area contributed by atoms with Crippen molar-refractivity contribution in [3.8, 4) is 11.5 Å². The number of oxime groups is 2. The molecule has 0 saturated heterocycles. The fourth-order valence-corrected chi connectivity index (χ4v) is 3.79. The molecular formula is C29H29F3N4O5. The quantitative estimate of drug-likeness (QED) is 0.175. The predicted molar refractivity (Wildman–Crippen MR) is 148 cm³/mol. The number of hydrogen-bond donors (Lipinski definition) is 2. The van der Waals surface area contributed by atoms with Gasteiger partial charge in [-0.1, -0.05) is 40.6 Å². The molecule has 0 aliphatic heterocycles. The summed E-state index contributed by atoms with van der Waals surface area (Å²) < 4.78 is 44.8. The van der Waals surface area contributed by atoms with Crippen molar-refractivity contribution < 1.29 is 37.2 Å². The van der Waals surface area contributed by atoms with E-state index in [0.717, 1.165) is 12.1 Å². The zero-order valence-electron chi connectivity index (χ0n) is 22.8. The zero-order valence-corrected chi connectivity index (χ0v) is 22.8. The number of ether oxygens (including phenoxy) is 1. The van der Waals surface area contributed by atoms with Crippen LogP contribution >= 0.6 is 0 Å². The second kappa shape index (κ2) is 14.0. The molecule has 0 fully saturated rings. The van der Waals surface area contributed by atoms with Crippen LogP contribution in [-0.2, 0) is 25.5 Å². The lowest BCUT2D eigenvalue weighted by molar-refractivity contribution is -0.137. The molecular weight excluding hydrogens is 541 g/mol. The van der Waals surface area contributed by atoms with Crippen LogP contribution in [-0.4, -0.2) is 38.1 Å². The highest BCUT2D eigenvalue weighted by atomic mass is 19.4. The molecule has 216 valence electrons. The van der Waals surface area contributed by atoms with Crippen molar-refractivity contribution in [1.82, 2.24) is 5.32 Å². The smallest absolute Gasteiger partial charge is 0.416 e. The van der Waals surface area contributed by atoms with E-state index in [1.54, 1.807) is 62.4 Å². The highest BCUT2D eigenvalue weighted by Gasteiger charge is 2.30. The van der Waals surface area contributed by atoms with E-state index in [1.165, 1.54) is 26.3 Å². The van der Waals surface area contributed by atoms with Gasteiger partial charge in [-0.2, -0.15) is 19.1 Å². The lowest BCUT2D eigenvalue weighted by atomic mass is 9.95. The number of amides is 1. The van der Waals surface area contributed by atoms with Gasteiger partial charge in [0.1, 0.15) is 30.9 Å². The van der Waals surface area contributed by atoms with Crippen LogP contribution in [0.25, 0.3) is 5.76 Å². The molecule has 3 aromatic rings. The topological polar surface area (TPSA) is 117 Å². The van der Waals surface area contributed by atoms with Crippen molar-refractivity contribution in [1.29, 1.82) is 0 Å². The summed E-state index contributed by atoms with van der Waals surface area (Å²) in [5.74, 6) is 5.75. The Morgan fingerprint density at radius 3 is 2.20 bits per heavy atom. The number of nitrogens with two attached hydrogens (primary N) is 1. The molecule has 0 unspecified atom stereocenters. The van der Waals surface area contributed by atoms with E-state index in [4.69, 9.17) is 25.1 Å². The van der Waals surface area contributed by atoms with Crippen LogP contribution in [0.2, 0.25) is 0 Å². The minimum Gasteiger partial charge on any atom is -0.457 e. The number of hydrogen-bond acceptors (Lipinski definition) is 8. The van der Waals surface area contributed by atoms with E-state index < -0.39 is 17.6 Å². The van der Waals surface area contributed by atoms with Crippen LogP contribution in [0.5, 0.6) is 11.5 Å². The molecule has 0 aromatic heterocycles. The molecule has 3 rings (SSSR count). The predicted octanol–water partition coefficient (Wildman–Crippen LogP) is 5.66. The Balaban J connectivity index is 2.02. The molecule has 41 heavy (non-hydrogen) atoms. The minimum atomic E-state index is -4.49. The zero-order chi connectivity index (χ0) is 30.0. The number of halogens is 3. The molecule has 0 bridgehead atoms. The Morgan fingerprint density at radius 1 is 0.927 bits per heavy atom. The van der Waals surface area contributed by atoms with Gasteiger partial charge in [0, 0.05) is 29.3 Å². The van der Waals surface area contributed by atoms with Crippen molar-refractivity contribution >= 4 is 23.1 Å². The van der Waals surface area contributed by atoms with Crippen molar-refractivity contribution in [3.63, 3.8) is 0 Å². The molecule has 0 aliphatic rings. The lowest BCUT2D eigenvalue weighted by Gasteiger charge is -2.16. The van der Waals surface area contributed by atoms with Gasteiger partial charge in [0.25, 0.3) is 5.91 Å². The molecule has 0 radical (unpaired) electrons. The first-order valence-electron chi connectivity index (χ1n) is 12.3. The second-order valence-corrected chi connectivity index (χ2v) is 8.33. The maximum Gasteiger partial charge on any atom is 0.416 e. The third-order valence-electron chi connectivity index (χ3n) is 5.67. The summed E-state index contributed by atoms with van der Waals surface area (Å²) in [4.78, 5) is 28.2. The number of allylic oxidation sites excluding steroid dienone is 1. The number of nitrogens with one attached hydrogen (secondary N) is 1. The standard InChI is InChI=1S/C29H29F3N4O5/c1-5-39-36-26(28(37)34-3)23-11-6-7-12-24(23)27(41-33)18(2)25(35-38-4)19-13-15-21(16-14-19)40-22-10-8-9-20(17-22)29(30,31)32/h6-17H,5,33H2,1-4H3,(H,34,37)/b27-18-,35-25+,36-26-. The third kappa shape index (κ3) is 7.63. The van der Waals surface area contributed by atoms with E-state index in [-0.39, 0.29) is 23.8 Å². The van der Waals surface area contributed by atoms with Gasteiger partial charge < -0.3 is 24.6 Å². The molecule has 3 aromatic carbocycles. The summed E-state index contributed by atoms with van der Waals surface area (Å²) in [6.07, 6.45) is -4.49. The first-order valence-corrected chi connectivity index (χ1v) is 12.3. The summed E-state index contributed by atoms with van der Waals surface area (Å²) in [5.41, 5.74) is 1.35. The Morgan fingerprint density at radius 2 is 1.61 bits per heavy atom. The SMILES string of the molecule is CCO/N=C(\C(=O)NC)c1ccccc1/C(ON)=C(C)/C(=N\OC)c1ccc(Oc2cccc(C(F)(F)F)c2)cc1. The van der Waals surface area contributed by atoms with E-state index in [1.807, 2.05) is 0 Å². The maximum atomic E-state index is 13.1. The van der Waals surface area contributed by atoms with Gasteiger partial charge in [-0.3, -0.25) is 4.79 Å². The van der Waals surface area contributed by atoms with Crippen LogP contribution in [0.4, 0.5) is 13.2 Å². The number of rotatable bonds is 11. The monoisotopic (exact) mass is 570 g/mol. The van der Waals surface area contributed by atoms with Crippen LogP contribution in [0, 0.1) is 0 Å². The Bertz CT molecular complexity index is 1450. The van der Waals surface area contributed by atoms with E-state index in [0.29, 0.717) is 33.7 Å². The highest BCUT2D eigenvalue weighted by Crippen LogP contribution is 2.33. The van der Waals surface area contributed by atoms with Crippen LogP contribution in [0.1, 0.15) is 36.1 Å². The number of nitrogens with zero attached hydrogens (tertiary/aromatic N) is 2. The number of likely N-dealkylation sites (N-methyl/N-ethyl adjacent to an activating group) is 1. The van der Waals surface area contributed by atoms with Crippen molar-refractivity contribution in [2.45, 2.75) is 20.0 Å². The molecule has 9 nitrogen and oxygen atoms in total. The van der Waals surface area contributed by atoms with Crippen LogP contribution in [0.15, 0.2) is 88.7 Å². The van der Waals surface area contributed by atoms with Crippen LogP contribution < -0.4 is 16.0 Å². The summed E-state index contributed by atoms with van der Waals surface area (Å²) in [7, 11) is 2.84. The first-order chi connectivity index (χ1) is 19.6. The van der Waals surface area contributed by atoms with Gasteiger partial charge in [-0.15, -0.1) is 0 Å². The van der Waals surface area contributed by atoms with Gasteiger partial charge in [-0.25, -0.2) is 0 Å². The Hall–Kier alpha value is -4.84. The largest absolute Gasteiger partial charge is 0.457 e. The van der Waals surface area contributed by atoms with Gasteiger partial charge >= 0.3 is 6.18 Å². The summed E-state index contributed by atoms with van der Waals surface area (Å²) >= 11 is 0. The molecule has 0 aliphatic carbocycles.